The number of carbonyl (C=O) groups excluding carboxylic acids is 1. The fraction of sp³-hybridized carbons (Fsp3) is 0.154. The molecule has 1 heterocycles. The summed E-state index contributed by atoms with van der Waals surface area (Å²) in [6.07, 6.45) is 0. The zero-order valence-corrected chi connectivity index (χ0v) is 13.0. The molecule has 3 N–H and O–H groups in total. The van der Waals surface area contributed by atoms with Crippen molar-refractivity contribution in [3.8, 4) is 0 Å². The van der Waals surface area contributed by atoms with Crippen LogP contribution in [0.3, 0.4) is 0 Å². The molecule has 2 aromatic rings. The van der Waals surface area contributed by atoms with Gasteiger partial charge in [-0.2, -0.15) is 0 Å². The van der Waals surface area contributed by atoms with Gasteiger partial charge in [0.25, 0.3) is 10.0 Å². The van der Waals surface area contributed by atoms with Gasteiger partial charge in [-0.15, -0.1) is 11.3 Å². The Bertz CT molecular complexity index is 761. The van der Waals surface area contributed by atoms with E-state index in [-0.39, 0.29) is 21.1 Å². The predicted molar refractivity (Wildman–Crippen MR) is 82.1 cm³/mol. The van der Waals surface area contributed by atoms with Crippen molar-refractivity contribution in [1.29, 1.82) is 0 Å². The summed E-state index contributed by atoms with van der Waals surface area (Å²) in [5.74, 6) is -0.597. The molecule has 6 nitrogen and oxygen atoms in total. The van der Waals surface area contributed by atoms with Crippen LogP contribution in [0.4, 0.5) is 11.4 Å². The Morgan fingerprint density at radius 2 is 2.05 bits per heavy atom. The highest BCUT2D eigenvalue weighted by atomic mass is 32.2. The van der Waals surface area contributed by atoms with Crippen LogP contribution in [-0.4, -0.2) is 21.5 Å². The number of benzene rings is 1. The van der Waals surface area contributed by atoms with E-state index in [0.717, 1.165) is 11.3 Å². The quantitative estimate of drug-likeness (QED) is 0.663. The van der Waals surface area contributed by atoms with Gasteiger partial charge in [-0.25, -0.2) is 13.2 Å². The number of methoxy groups -OCH3 is 1. The third-order valence-electron chi connectivity index (χ3n) is 2.79. The first-order valence-electron chi connectivity index (χ1n) is 5.90. The normalized spacial score (nSPS) is 11.1. The maximum atomic E-state index is 12.5. The number of anilines is 2. The lowest BCUT2D eigenvalue weighted by atomic mass is 10.2. The van der Waals surface area contributed by atoms with E-state index in [1.54, 1.807) is 24.4 Å². The van der Waals surface area contributed by atoms with E-state index in [9.17, 15) is 13.2 Å². The second-order valence-corrected chi connectivity index (χ2v) is 6.79. The van der Waals surface area contributed by atoms with E-state index in [1.807, 2.05) is 0 Å². The molecular formula is C13H14N2O4S2. The lowest BCUT2D eigenvalue weighted by Crippen LogP contribution is -2.17. The van der Waals surface area contributed by atoms with E-state index in [2.05, 4.69) is 9.46 Å². The molecule has 21 heavy (non-hydrogen) atoms. The Balaban J connectivity index is 2.44. The molecule has 0 unspecified atom stereocenters. The van der Waals surface area contributed by atoms with Crippen molar-refractivity contribution < 1.29 is 17.9 Å². The van der Waals surface area contributed by atoms with Gasteiger partial charge in [0.2, 0.25) is 0 Å². The number of hydrogen-bond donors (Lipinski definition) is 2. The van der Waals surface area contributed by atoms with Crippen LogP contribution in [0.1, 0.15) is 15.2 Å². The van der Waals surface area contributed by atoms with Gasteiger partial charge in [0.1, 0.15) is 9.77 Å². The van der Waals surface area contributed by atoms with Gasteiger partial charge in [0.15, 0.2) is 0 Å². The molecule has 0 bridgehead atoms. The molecule has 0 fully saturated rings. The monoisotopic (exact) mass is 326 g/mol. The summed E-state index contributed by atoms with van der Waals surface area (Å²) >= 11 is 1.09. The fourth-order valence-corrected chi connectivity index (χ4v) is 4.14. The summed E-state index contributed by atoms with van der Waals surface area (Å²) in [4.78, 5) is 11.8. The number of nitrogens with two attached hydrogens (primary N) is 1. The Hall–Kier alpha value is -2.06. The summed E-state index contributed by atoms with van der Waals surface area (Å²) < 4.78 is 31.9. The van der Waals surface area contributed by atoms with Gasteiger partial charge >= 0.3 is 5.97 Å². The zero-order chi connectivity index (χ0) is 15.6. The number of esters is 1. The Labute approximate surface area is 126 Å². The summed E-state index contributed by atoms with van der Waals surface area (Å²) in [6, 6.07) is 6.34. The average molecular weight is 326 g/mol. The number of thiophene rings is 1. The van der Waals surface area contributed by atoms with Crippen LogP contribution in [0.2, 0.25) is 0 Å². The van der Waals surface area contributed by atoms with Crippen LogP contribution in [-0.2, 0) is 14.8 Å². The van der Waals surface area contributed by atoms with Crippen molar-refractivity contribution in [2.24, 2.45) is 0 Å². The van der Waals surface area contributed by atoms with E-state index in [1.165, 1.54) is 19.2 Å². The molecule has 0 saturated carbocycles. The van der Waals surface area contributed by atoms with Crippen molar-refractivity contribution >= 4 is 38.7 Å². The number of nitrogens with one attached hydrogen (secondary N) is 1. The molecule has 0 aliphatic carbocycles. The molecule has 0 aliphatic rings. The van der Waals surface area contributed by atoms with Crippen molar-refractivity contribution in [2.45, 2.75) is 11.8 Å². The molecular weight excluding hydrogens is 312 g/mol. The Kier molecular flexibility index (Phi) is 4.19. The minimum Gasteiger partial charge on any atom is -0.465 e. The van der Waals surface area contributed by atoms with Gasteiger partial charge < -0.3 is 10.5 Å². The smallest absolute Gasteiger partial charge is 0.350 e. The molecule has 0 radical (unpaired) electrons. The van der Waals surface area contributed by atoms with Crippen molar-refractivity contribution in [2.75, 3.05) is 17.6 Å². The summed E-state index contributed by atoms with van der Waals surface area (Å²) in [7, 11) is -2.65. The lowest BCUT2D eigenvalue weighted by molar-refractivity contribution is 0.0607. The topological polar surface area (TPSA) is 98.5 Å². The third kappa shape index (κ3) is 3.01. The minimum atomic E-state index is -3.88. The first kappa shape index (κ1) is 15.3. The zero-order valence-electron chi connectivity index (χ0n) is 11.4. The first-order chi connectivity index (χ1) is 9.86. The van der Waals surface area contributed by atoms with Gasteiger partial charge in [-0.05, 0) is 30.0 Å². The van der Waals surface area contributed by atoms with E-state index in [0.29, 0.717) is 5.56 Å². The molecule has 0 aliphatic heterocycles. The van der Waals surface area contributed by atoms with E-state index in [4.69, 9.17) is 5.73 Å². The predicted octanol–water partition coefficient (Wildman–Crippen LogP) is 2.23. The van der Waals surface area contributed by atoms with Crippen LogP contribution in [0.15, 0.2) is 34.5 Å². The first-order valence-corrected chi connectivity index (χ1v) is 8.27. The third-order valence-corrected chi connectivity index (χ3v) is 5.27. The molecule has 1 aromatic heterocycles. The van der Waals surface area contributed by atoms with Gasteiger partial charge in [0, 0.05) is 0 Å². The van der Waals surface area contributed by atoms with Crippen LogP contribution in [0.25, 0.3) is 0 Å². The lowest BCUT2D eigenvalue weighted by Gasteiger charge is -2.12. The summed E-state index contributed by atoms with van der Waals surface area (Å²) in [6.45, 7) is 1.65. The second kappa shape index (κ2) is 5.74. The Morgan fingerprint density at radius 1 is 1.33 bits per heavy atom. The van der Waals surface area contributed by atoms with Crippen LogP contribution in [0.5, 0.6) is 0 Å². The second-order valence-electron chi connectivity index (χ2n) is 4.25. The van der Waals surface area contributed by atoms with Crippen LogP contribution in [0, 0.1) is 6.92 Å². The van der Waals surface area contributed by atoms with Gasteiger partial charge in [-0.1, -0.05) is 12.1 Å². The average Bonchev–Trinajstić information content (AvgIpc) is 2.84. The van der Waals surface area contributed by atoms with Crippen LogP contribution < -0.4 is 10.5 Å². The highest BCUT2D eigenvalue weighted by molar-refractivity contribution is 7.93. The van der Waals surface area contributed by atoms with Gasteiger partial charge in [0.05, 0.1) is 18.5 Å². The number of hydrogen-bond acceptors (Lipinski definition) is 6. The van der Waals surface area contributed by atoms with Crippen molar-refractivity contribution in [1.82, 2.24) is 0 Å². The largest absolute Gasteiger partial charge is 0.465 e. The van der Waals surface area contributed by atoms with Gasteiger partial charge in [-0.3, -0.25) is 4.72 Å². The number of aryl methyl sites for hydroxylation is 1. The standard InChI is InChI=1S/C13H14N2O4S2/c1-8-4-3-5-9(14)12(8)21(17,18)15-10-6-7-20-11(10)13(16)19-2/h3-7,15H,14H2,1-2H3. The number of ether oxygens (including phenoxy) is 1. The van der Waals surface area contributed by atoms with Crippen molar-refractivity contribution in [3.05, 3.63) is 40.1 Å². The highest BCUT2D eigenvalue weighted by Gasteiger charge is 2.23. The molecule has 112 valence electrons. The molecule has 2 rings (SSSR count). The van der Waals surface area contributed by atoms with E-state index >= 15 is 0 Å². The van der Waals surface area contributed by atoms with Crippen molar-refractivity contribution in [3.63, 3.8) is 0 Å². The number of sulfonamides is 1. The highest BCUT2D eigenvalue weighted by Crippen LogP contribution is 2.29. The molecule has 8 heteroatoms. The molecule has 0 spiro atoms. The van der Waals surface area contributed by atoms with Crippen LogP contribution >= 0.6 is 11.3 Å². The molecule has 0 atom stereocenters. The summed E-state index contributed by atoms with van der Waals surface area (Å²) in [5, 5.41) is 1.60. The summed E-state index contributed by atoms with van der Waals surface area (Å²) in [5.41, 5.74) is 6.60. The number of carbonyl (C=O) groups is 1. The maximum Gasteiger partial charge on any atom is 0.350 e. The fourth-order valence-electron chi connectivity index (χ4n) is 1.88. The Morgan fingerprint density at radius 3 is 2.67 bits per heavy atom. The minimum absolute atomic E-state index is 0.00650. The molecule has 1 aromatic carbocycles. The molecule has 0 saturated heterocycles. The van der Waals surface area contributed by atoms with E-state index < -0.39 is 16.0 Å². The number of rotatable bonds is 4. The maximum absolute atomic E-state index is 12.5. The SMILES string of the molecule is COC(=O)c1sccc1NS(=O)(=O)c1c(C)cccc1N. The number of nitrogen functional groups attached to an aromatic ring is 1. The molecule has 0 amide bonds.